The van der Waals surface area contributed by atoms with Crippen molar-refractivity contribution >= 4 is 0 Å². The predicted octanol–water partition coefficient (Wildman–Crippen LogP) is 1.19. The molecule has 0 amide bonds. The van der Waals surface area contributed by atoms with Crippen molar-refractivity contribution in [3.8, 4) is 0 Å². The van der Waals surface area contributed by atoms with Crippen molar-refractivity contribution < 1.29 is 19.3 Å². The van der Waals surface area contributed by atoms with Gasteiger partial charge < -0.3 is 19.3 Å². The van der Waals surface area contributed by atoms with Crippen molar-refractivity contribution in [2.75, 3.05) is 0 Å². The van der Waals surface area contributed by atoms with E-state index < -0.39 is 29.9 Å². The first-order chi connectivity index (χ1) is 6.94. The Kier molecular flexibility index (Phi) is 2.43. The van der Waals surface area contributed by atoms with E-state index >= 15 is 0 Å². The Hall–Kier alpha value is -0.420. The summed E-state index contributed by atoms with van der Waals surface area (Å²) in [7, 11) is 0. The van der Waals surface area contributed by atoms with E-state index in [-0.39, 0.29) is 0 Å². The van der Waals surface area contributed by atoms with Gasteiger partial charge in [0.15, 0.2) is 12.1 Å². The second-order valence-corrected chi connectivity index (χ2v) is 4.54. The van der Waals surface area contributed by atoms with Crippen LogP contribution in [0.3, 0.4) is 0 Å². The van der Waals surface area contributed by atoms with Gasteiger partial charge in [-0.15, -0.1) is 6.58 Å². The van der Waals surface area contributed by atoms with E-state index in [4.69, 9.17) is 14.2 Å². The highest BCUT2D eigenvalue weighted by Gasteiger charge is 2.59. The topological polar surface area (TPSA) is 47.9 Å². The maximum atomic E-state index is 10.1. The monoisotopic (exact) mass is 214 g/mol. The Morgan fingerprint density at radius 3 is 2.47 bits per heavy atom. The van der Waals surface area contributed by atoms with Gasteiger partial charge in [-0.3, -0.25) is 0 Å². The van der Waals surface area contributed by atoms with Gasteiger partial charge in [-0.2, -0.15) is 0 Å². The van der Waals surface area contributed by atoms with E-state index in [9.17, 15) is 5.11 Å². The molecule has 0 spiro atoms. The molecule has 0 radical (unpaired) electrons. The maximum absolute atomic E-state index is 10.1. The van der Waals surface area contributed by atoms with Crippen LogP contribution in [0.4, 0.5) is 0 Å². The van der Waals surface area contributed by atoms with Crippen molar-refractivity contribution in [3.05, 3.63) is 12.7 Å². The lowest BCUT2D eigenvalue weighted by Crippen LogP contribution is -2.43. The highest BCUT2D eigenvalue weighted by Crippen LogP contribution is 2.43. The third kappa shape index (κ3) is 1.52. The minimum Gasteiger partial charge on any atom is -0.387 e. The zero-order chi connectivity index (χ0) is 11.3. The number of ether oxygens (including phenoxy) is 3. The largest absolute Gasteiger partial charge is 0.387 e. The van der Waals surface area contributed by atoms with Crippen molar-refractivity contribution in [1.29, 1.82) is 0 Å². The fourth-order valence-corrected chi connectivity index (χ4v) is 2.23. The standard InChI is InChI=1S/C11H18O4/c1-5-11(6-2)8(12)7-9(15-11)14-10(3,4)13-7/h5,7-9,12H,1,6H2,2-4H3/t7-,8?,9+,11+/m0/s1. The number of hydrogen-bond acceptors (Lipinski definition) is 4. The molecule has 0 bridgehead atoms. The lowest BCUT2D eigenvalue weighted by Gasteiger charge is -2.30. The summed E-state index contributed by atoms with van der Waals surface area (Å²) in [5, 5.41) is 10.1. The predicted molar refractivity (Wildman–Crippen MR) is 54.1 cm³/mol. The number of aliphatic hydroxyl groups is 1. The van der Waals surface area contributed by atoms with Crippen LogP contribution in [0.5, 0.6) is 0 Å². The molecule has 0 aromatic heterocycles. The lowest BCUT2D eigenvalue weighted by molar-refractivity contribution is -0.229. The third-order valence-electron chi connectivity index (χ3n) is 3.13. The van der Waals surface area contributed by atoms with Crippen LogP contribution in [0, 0.1) is 0 Å². The lowest BCUT2D eigenvalue weighted by atomic mass is 9.93. The molecule has 2 aliphatic heterocycles. The van der Waals surface area contributed by atoms with Gasteiger partial charge in [-0.25, -0.2) is 0 Å². The number of fused-ring (bicyclic) bond motifs is 1. The van der Waals surface area contributed by atoms with Gasteiger partial charge in [0.05, 0.1) is 0 Å². The summed E-state index contributed by atoms with van der Waals surface area (Å²) < 4.78 is 16.9. The zero-order valence-corrected chi connectivity index (χ0v) is 9.40. The first-order valence-corrected chi connectivity index (χ1v) is 5.29. The van der Waals surface area contributed by atoms with E-state index in [1.807, 2.05) is 20.8 Å². The Morgan fingerprint density at radius 2 is 2.00 bits per heavy atom. The van der Waals surface area contributed by atoms with Gasteiger partial charge in [0, 0.05) is 0 Å². The Bertz CT molecular complexity index is 276. The summed E-state index contributed by atoms with van der Waals surface area (Å²) in [5.74, 6) is -0.683. The van der Waals surface area contributed by atoms with Gasteiger partial charge in [0.25, 0.3) is 0 Å². The Labute approximate surface area is 89.8 Å². The molecule has 4 nitrogen and oxygen atoms in total. The van der Waals surface area contributed by atoms with Crippen LogP contribution in [-0.4, -0.2) is 35.0 Å². The van der Waals surface area contributed by atoms with Crippen LogP contribution in [0.15, 0.2) is 12.7 Å². The molecule has 2 heterocycles. The molecule has 1 N–H and O–H groups in total. The minimum atomic E-state index is -0.730. The number of hydrogen-bond donors (Lipinski definition) is 1. The van der Waals surface area contributed by atoms with Crippen LogP contribution >= 0.6 is 0 Å². The summed E-state index contributed by atoms with van der Waals surface area (Å²) in [6.07, 6.45) is 0.658. The van der Waals surface area contributed by atoms with Gasteiger partial charge in [0.1, 0.15) is 17.8 Å². The molecule has 2 fully saturated rings. The fourth-order valence-electron chi connectivity index (χ4n) is 2.23. The van der Waals surface area contributed by atoms with Gasteiger partial charge in [0.2, 0.25) is 0 Å². The molecule has 2 aliphatic rings. The number of rotatable bonds is 2. The van der Waals surface area contributed by atoms with Crippen molar-refractivity contribution in [3.63, 3.8) is 0 Å². The van der Waals surface area contributed by atoms with E-state index in [0.717, 1.165) is 0 Å². The molecule has 2 saturated heterocycles. The summed E-state index contributed by atoms with van der Waals surface area (Å²) in [5.41, 5.74) is -0.730. The molecule has 86 valence electrons. The van der Waals surface area contributed by atoms with E-state index in [0.29, 0.717) is 6.42 Å². The fraction of sp³-hybridized carbons (Fsp3) is 0.818. The summed E-state index contributed by atoms with van der Waals surface area (Å²) in [6.45, 7) is 9.26. The van der Waals surface area contributed by atoms with E-state index in [1.165, 1.54) is 0 Å². The SMILES string of the molecule is C=C[C@]1(CC)O[C@H]2OC(C)(C)O[C@H]2C1O. The Morgan fingerprint density at radius 1 is 1.33 bits per heavy atom. The zero-order valence-electron chi connectivity index (χ0n) is 9.40. The van der Waals surface area contributed by atoms with Crippen molar-refractivity contribution in [2.24, 2.45) is 0 Å². The molecule has 0 aromatic rings. The van der Waals surface area contributed by atoms with Gasteiger partial charge in [-0.1, -0.05) is 13.0 Å². The summed E-state index contributed by atoms with van der Waals surface area (Å²) >= 11 is 0. The van der Waals surface area contributed by atoms with Crippen LogP contribution in [0.25, 0.3) is 0 Å². The van der Waals surface area contributed by atoms with E-state index in [2.05, 4.69) is 6.58 Å². The summed E-state index contributed by atoms with van der Waals surface area (Å²) in [6, 6.07) is 0. The average molecular weight is 214 g/mol. The molecular formula is C11H18O4. The van der Waals surface area contributed by atoms with Crippen molar-refractivity contribution in [1.82, 2.24) is 0 Å². The second-order valence-electron chi connectivity index (χ2n) is 4.54. The average Bonchev–Trinajstić information content (AvgIpc) is 2.59. The molecular weight excluding hydrogens is 196 g/mol. The molecule has 0 aliphatic carbocycles. The maximum Gasteiger partial charge on any atom is 0.191 e. The van der Waals surface area contributed by atoms with Crippen LogP contribution in [-0.2, 0) is 14.2 Å². The van der Waals surface area contributed by atoms with Gasteiger partial charge >= 0.3 is 0 Å². The number of aliphatic hydroxyl groups excluding tert-OH is 1. The molecule has 1 unspecified atom stereocenters. The molecule has 0 saturated carbocycles. The summed E-state index contributed by atoms with van der Waals surface area (Å²) in [4.78, 5) is 0. The van der Waals surface area contributed by atoms with Crippen molar-refractivity contribution in [2.45, 2.75) is 57.1 Å². The van der Waals surface area contributed by atoms with Gasteiger partial charge in [-0.05, 0) is 20.3 Å². The highest BCUT2D eigenvalue weighted by atomic mass is 16.8. The molecule has 2 rings (SSSR count). The van der Waals surface area contributed by atoms with Crippen LogP contribution in [0.2, 0.25) is 0 Å². The molecule has 0 aromatic carbocycles. The van der Waals surface area contributed by atoms with E-state index in [1.54, 1.807) is 6.08 Å². The highest BCUT2D eigenvalue weighted by molar-refractivity contribution is 5.11. The second kappa shape index (κ2) is 3.28. The van der Waals surface area contributed by atoms with Crippen LogP contribution in [0.1, 0.15) is 27.2 Å². The normalized spacial score (nSPS) is 47.9. The molecule has 15 heavy (non-hydrogen) atoms. The minimum absolute atomic E-state index is 0.419. The first kappa shape index (κ1) is 11.1. The quantitative estimate of drug-likeness (QED) is 0.701. The van der Waals surface area contributed by atoms with Crippen LogP contribution < -0.4 is 0 Å². The molecule has 4 atom stereocenters. The smallest absolute Gasteiger partial charge is 0.191 e. The molecule has 4 heteroatoms. The first-order valence-electron chi connectivity index (χ1n) is 5.29. The Balaban J connectivity index is 2.21. The third-order valence-corrected chi connectivity index (χ3v) is 3.13.